The van der Waals surface area contributed by atoms with Gasteiger partial charge >= 0.3 is 12.2 Å². The molecule has 2 amide bonds. The predicted molar refractivity (Wildman–Crippen MR) is 67.2 cm³/mol. The van der Waals surface area contributed by atoms with Crippen molar-refractivity contribution in [3.63, 3.8) is 0 Å². The number of rotatable bonds is 2. The van der Waals surface area contributed by atoms with E-state index in [9.17, 15) is 9.59 Å². The van der Waals surface area contributed by atoms with E-state index in [2.05, 4.69) is 6.58 Å². The Balaban J connectivity index is 2.94. The lowest BCUT2D eigenvalue weighted by Crippen LogP contribution is -2.46. The minimum Gasteiger partial charge on any atom is -0.443 e. The second-order valence-corrected chi connectivity index (χ2v) is 5.67. The van der Waals surface area contributed by atoms with E-state index in [1.165, 1.54) is 6.08 Å². The molecule has 0 bridgehead atoms. The Morgan fingerprint density at radius 2 is 2.06 bits per heavy atom. The monoisotopic (exact) mass is 255 g/mol. The van der Waals surface area contributed by atoms with E-state index >= 15 is 0 Å². The van der Waals surface area contributed by atoms with Crippen molar-refractivity contribution in [3.8, 4) is 0 Å². The first kappa shape index (κ1) is 14.5. The quantitative estimate of drug-likeness (QED) is 0.712. The maximum absolute atomic E-state index is 12.0. The minimum absolute atomic E-state index is 0.0620. The summed E-state index contributed by atoms with van der Waals surface area (Å²) in [7, 11) is 0. The lowest BCUT2D eigenvalue weighted by atomic mass is 9.98. The van der Waals surface area contributed by atoms with Crippen molar-refractivity contribution < 1.29 is 19.1 Å². The van der Waals surface area contributed by atoms with Crippen LogP contribution in [0.4, 0.5) is 9.59 Å². The average molecular weight is 255 g/mol. The highest BCUT2D eigenvalue weighted by atomic mass is 16.6. The molecule has 0 radical (unpaired) electrons. The lowest BCUT2D eigenvalue weighted by molar-refractivity contribution is 0.0260. The molecule has 1 rings (SSSR count). The Bertz CT molecular complexity index is 356. The van der Waals surface area contributed by atoms with Gasteiger partial charge in [-0.3, -0.25) is 0 Å². The largest absolute Gasteiger partial charge is 0.443 e. The second kappa shape index (κ2) is 5.00. The molecule has 0 spiro atoms. The number of hydrogen-bond donors (Lipinski definition) is 0. The number of carbonyl (C=O) groups excluding carboxylic acids is 2. The summed E-state index contributed by atoms with van der Waals surface area (Å²) in [6.45, 7) is 12.7. The number of nitrogens with zero attached hydrogens (tertiary/aromatic N) is 1. The third-order valence-corrected chi connectivity index (χ3v) is 2.57. The van der Waals surface area contributed by atoms with Crippen LogP contribution in [0.2, 0.25) is 0 Å². The van der Waals surface area contributed by atoms with Crippen molar-refractivity contribution in [1.29, 1.82) is 0 Å². The molecular formula is C13H21NO4. The highest BCUT2D eigenvalue weighted by Crippen LogP contribution is 2.28. The molecule has 0 aromatic heterocycles. The molecule has 1 heterocycles. The van der Waals surface area contributed by atoms with Crippen LogP contribution in [-0.4, -0.2) is 34.8 Å². The van der Waals surface area contributed by atoms with Crippen LogP contribution < -0.4 is 0 Å². The Morgan fingerprint density at radius 3 is 2.44 bits per heavy atom. The smallest absolute Gasteiger partial charge is 0.420 e. The highest BCUT2D eigenvalue weighted by Gasteiger charge is 2.47. The lowest BCUT2D eigenvalue weighted by Gasteiger charge is -2.28. The predicted octanol–water partition coefficient (Wildman–Crippen LogP) is 2.95. The summed E-state index contributed by atoms with van der Waals surface area (Å²) >= 11 is 0. The van der Waals surface area contributed by atoms with Gasteiger partial charge in [0.25, 0.3) is 0 Å². The van der Waals surface area contributed by atoms with E-state index in [-0.39, 0.29) is 12.0 Å². The van der Waals surface area contributed by atoms with Gasteiger partial charge in [0.2, 0.25) is 0 Å². The number of ether oxygens (including phenoxy) is 2. The number of cyclic esters (lactones) is 1. The molecule has 0 aromatic rings. The third-order valence-electron chi connectivity index (χ3n) is 2.57. The Hall–Kier alpha value is -1.52. The fourth-order valence-electron chi connectivity index (χ4n) is 1.88. The van der Waals surface area contributed by atoms with Gasteiger partial charge in [-0.15, -0.1) is 0 Å². The van der Waals surface area contributed by atoms with Crippen molar-refractivity contribution in [1.82, 2.24) is 4.90 Å². The first-order valence-electron chi connectivity index (χ1n) is 6.02. The van der Waals surface area contributed by atoms with Crippen LogP contribution in [-0.2, 0) is 9.47 Å². The van der Waals surface area contributed by atoms with Crippen molar-refractivity contribution in [2.75, 3.05) is 0 Å². The summed E-state index contributed by atoms with van der Waals surface area (Å²) < 4.78 is 10.3. The maximum Gasteiger partial charge on any atom is 0.420 e. The molecule has 5 nitrogen and oxygen atoms in total. The van der Waals surface area contributed by atoms with Gasteiger partial charge in [0, 0.05) is 0 Å². The average Bonchev–Trinajstić information content (AvgIpc) is 2.52. The van der Waals surface area contributed by atoms with E-state index in [0.717, 1.165) is 4.90 Å². The summed E-state index contributed by atoms with van der Waals surface area (Å²) in [4.78, 5) is 24.8. The number of imide groups is 1. The van der Waals surface area contributed by atoms with Crippen LogP contribution in [0.1, 0.15) is 34.6 Å². The molecule has 0 unspecified atom stereocenters. The standard InChI is InChI=1S/C13H21NO4/c1-7-9-10(8(2)3)14(11(15)17-9)12(16)18-13(4,5)6/h7-10H,1H2,2-6H3/t9-,10-/m0/s1. The molecule has 18 heavy (non-hydrogen) atoms. The molecule has 0 saturated carbocycles. The maximum atomic E-state index is 12.0. The zero-order valence-electron chi connectivity index (χ0n) is 11.6. The van der Waals surface area contributed by atoms with Gasteiger partial charge in [-0.2, -0.15) is 0 Å². The molecule has 1 aliphatic rings. The van der Waals surface area contributed by atoms with Crippen LogP contribution in [0, 0.1) is 5.92 Å². The molecule has 0 aliphatic carbocycles. The van der Waals surface area contributed by atoms with Gasteiger partial charge in [-0.1, -0.05) is 20.4 Å². The summed E-state index contributed by atoms with van der Waals surface area (Å²) in [6.07, 6.45) is -0.291. The molecule has 2 atom stereocenters. The molecule has 1 saturated heterocycles. The van der Waals surface area contributed by atoms with Gasteiger partial charge in [0.1, 0.15) is 11.7 Å². The van der Waals surface area contributed by atoms with Gasteiger partial charge in [-0.05, 0) is 32.8 Å². The number of carbonyl (C=O) groups is 2. The molecule has 102 valence electrons. The number of hydrogen-bond acceptors (Lipinski definition) is 4. The summed E-state index contributed by atoms with van der Waals surface area (Å²) in [5, 5.41) is 0. The summed E-state index contributed by atoms with van der Waals surface area (Å²) in [5.41, 5.74) is -0.648. The third kappa shape index (κ3) is 3.03. The molecule has 0 aromatic carbocycles. The molecule has 0 N–H and O–H groups in total. The Morgan fingerprint density at radius 1 is 1.50 bits per heavy atom. The van der Waals surface area contributed by atoms with Crippen LogP contribution >= 0.6 is 0 Å². The number of amides is 2. The van der Waals surface area contributed by atoms with Gasteiger partial charge in [-0.25, -0.2) is 14.5 Å². The van der Waals surface area contributed by atoms with Gasteiger partial charge in [0.05, 0.1) is 6.04 Å². The zero-order chi connectivity index (χ0) is 14.1. The molecule has 1 fully saturated rings. The van der Waals surface area contributed by atoms with Crippen molar-refractivity contribution in [2.24, 2.45) is 5.92 Å². The Kier molecular flexibility index (Phi) is 4.04. The minimum atomic E-state index is -0.673. The van der Waals surface area contributed by atoms with E-state index in [0.29, 0.717) is 0 Å². The summed E-state index contributed by atoms with van der Waals surface area (Å²) in [5.74, 6) is 0.0620. The van der Waals surface area contributed by atoms with Crippen molar-refractivity contribution >= 4 is 12.2 Å². The van der Waals surface area contributed by atoms with Crippen LogP contribution in [0.5, 0.6) is 0 Å². The fourth-order valence-corrected chi connectivity index (χ4v) is 1.88. The van der Waals surface area contributed by atoms with E-state index in [1.807, 2.05) is 13.8 Å². The second-order valence-electron chi connectivity index (χ2n) is 5.67. The van der Waals surface area contributed by atoms with E-state index in [1.54, 1.807) is 20.8 Å². The highest BCUT2D eigenvalue weighted by molar-refractivity contribution is 5.90. The molecular weight excluding hydrogens is 234 g/mol. The zero-order valence-corrected chi connectivity index (χ0v) is 11.6. The van der Waals surface area contributed by atoms with Gasteiger partial charge < -0.3 is 9.47 Å². The van der Waals surface area contributed by atoms with Gasteiger partial charge in [0.15, 0.2) is 0 Å². The molecule has 1 aliphatic heterocycles. The normalized spacial score (nSPS) is 24.1. The van der Waals surface area contributed by atoms with E-state index in [4.69, 9.17) is 9.47 Å². The van der Waals surface area contributed by atoms with Crippen LogP contribution in [0.15, 0.2) is 12.7 Å². The molecule has 5 heteroatoms. The first-order chi connectivity index (χ1) is 8.17. The fraction of sp³-hybridized carbons (Fsp3) is 0.692. The topological polar surface area (TPSA) is 55.8 Å². The van der Waals surface area contributed by atoms with Crippen LogP contribution in [0.3, 0.4) is 0 Å². The first-order valence-corrected chi connectivity index (χ1v) is 6.02. The van der Waals surface area contributed by atoms with Crippen molar-refractivity contribution in [2.45, 2.75) is 52.4 Å². The van der Waals surface area contributed by atoms with E-state index < -0.39 is 23.9 Å². The SMILES string of the molecule is C=C[C@@H]1OC(=O)N(C(=O)OC(C)(C)C)[C@H]1C(C)C. The Labute approximate surface area is 108 Å². The van der Waals surface area contributed by atoms with Crippen molar-refractivity contribution in [3.05, 3.63) is 12.7 Å². The summed E-state index contributed by atoms with van der Waals surface area (Å²) in [6, 6.07) is -0.371. The van der Waals surface area contributed by atoms with Crippen LogP contribution in [0.25, 0.3) is 0 Å².